The summed E-state index contributed by atoms with van der Waals surface area (Å²) in [4.78, 5) is 6.43. The summed E-state index contributed by atoms with van der Waals surface area (Å²) in [5.74, 6) is 1.51. The fourth-order valence-electron chi connectivity index (χ4n) is 1.98. The lowest BCUT2D eigenvalue weighted by molar-refractivity contribution is 0.311. The maximum atomic E-state index is 5.91. The lowest BCUT2D eigenvalue weighted by Crippen LogP contribution is -2.35. The average Bonchev–Trinajstić information content (AvgIpc) is 3.24. The molecule has 0 spiro atoms. The molecule has 0 saturated heterocycles. The van der Waals surface area contributed by atoms with Crippen LogP contribution < -0.4 is 10.5 Å². The van der Waals surface area contributed by atoms with Gasteiger partial charge in [-0.05, 0) is 43.5 Å². The Labute approximate surface area is 125 Å². The summed E-state index contributed by atoms with van der Waals surface area (Å²) in [5, 5.41) is 0.732. The second-order valence-electron chi connectivity index (χ2n) is 5.19. The lowest BCUT2D eigenvalue weighted by Gasteiger charge is -2.16. The van der Waals surface area contributed by atoms with Crippen LogP contribution in [0.1, 0.15) is 24.8 Å². The molecule has 110 valence electrons. The van der Waals surface area contributed by atoms with Crippen molar-refractivity contribution in [2.24, 2.45) is 10.7 Å². The van der Waals surface area contributed by atoms with E-state index in [2.05, 4.69) is 9.89 Å². The molecule has 20 heavy (non-hydrogen) atoms. The van der Waals surface area contributed by atoms with Gasteiger partial charge in [0.15, 0.2) is 5.96 Å². The number of guanidine groups is 1. The predicted octanol–water partition coefficient (Wildman–Crippen LogP) is 2.83. The minimum absolute atomic E-state index is 0.603. The highest BCUT2D eigenvalue weighted by atomic mass is 35.5. The van der Waals surface area contributed by atoms with E-state index < -0.39 is 0 Å². The van der Waals surface area contributed by atoms with Gasteiger partial charge in [-0.25, -0.2) is 0 Å². The normalized spacial score (nSPS) is 15.2. The summed E-state index contributed by atoms with van der Waals surface area (Å²) in [6, 6.07) is 6.24. The number of aliphatic imine (C=N–C) groups is 1. The van der Waals surface area contributed by atoms with E-state index in [1.54, 1.807) is 0 Å². The molecule has 1 aromatic carbocycles. The second kappa shape index (κ2) is 6.84. The Morgan fingerprint density at radius 2 is 2.25 bits per heavy atom. The minimum atomic E-state index is 0.603. The van der Waals surface area contributed by atoms with Gasteiger partial charge in [0.1, 0.15) is 5.75 Å². The van der Waals surface area contributed by atoms with Crippen molar-refractivity contribution in [3.8, 4) is 5.75 Å². The molecule has 5 heteroatoms. The molecule has 0 heterocycles. The van der Waals surface area contributed by atoms with Crippen molar-refractivity contribution in [2.45, 2.75) is 32.2 Å². The van der Waals surface area contributed by atoms with Crippen LogP contribution >= 0.6 is 11.6 Å². The van der Waals surface area contributed by atoms with E-state index in [0.29, 0.717) is 25.2 Å². The number of nitrogens with zero attached hydrogens (tertiary/aromatic N) is 2. The molecule has 1 fully saturated rings. The highest BCUT2D eigenvalue weighted by Gasteiger charge is 2.27. The molecule has 0 bridgehead atoms. The number of halogens is 1. The molecule has 0 aliphatic heterocycles. The van der Waals surface area contributed by atoms with E-state index in [4.69, 9.17) is 22.1 Å². The van der Waals surface area contributed by atoms with E-state index in [-0.39, 0.29) is 0 Å². The van der Waals surface area contributed by atoms with Crippen LogP contribution in [0.25, 0.3) is 0 Å². The standard InChI is InChI=1S/C15H22ClN3O/c1-11-10-12(16)4-7-14(11)20-9-3-8-18-15(17)19(2)13-5-6-13/h4,7,10,13H,3,5-6,8-9H2,1-2H3,(H2,17,18). The highest BCUT2D eigenvalue weighted by Crippen LogP contribution is 2.25. The average molecular weight is 296 g/mol. The monoisotopic (exact) mass is 295 g/mol. The fraction of sp³-hybridized carbons (Fsp3) is 0.533. The molecule has 0 aromatic heterocycles. The quantitative estimate of drug-likeness (QED) is 0.499. The molecule has 4 nitrogen and oxygen atoms in total. The van der Waals surface area contributed by atoms with Crippen molar-refractivity contribution < 1.29 is 4.74 Å². The molecule has 1 saturated carbocycles. The first-order valence-electron chi connectivity index (χ1n) is 6.99. The third-order valence-corrected chi connectivity index (χ3v) is 3.66. The van der Waals surface area contributed by atoms with Gasteiger partial charge in [0, 0.05) is 31.1 Å². The molecule has 0 radical (unpaired) electrons. The van der Waals surface area contributed by atoms with Crippen LogP contribution in [0.5, 0.6) is 5.75 Å². The second-order valence-corrected chi connectivity index (χ2v) is 5.63. The first-order chi connectivity index (χ1) is 9.58. The van der Waals surface area contributed by atoms with Crippen molar-refractivity contribution in [1.29, 1.82) is 0 Å². The van der Waals surface area contributed by atoms with Crippen LogP contribution in [-0.4, -0.2) is 37.1 Å². The van der Waals surface area contributed by atoms with Crippen LogP contribution in [0.2, 0.25) is 5.02 Å². The summed E-state index contributed by atoms with van der Waals surface area (Å²) < 4.78 is 5.71. The first-order valence-corrected chi connectivity index (χ1v) is 7.37. The van der Waals surface area contributed by atoms with Crippen molar-refractivity contribution in [1.82, 2.24) is 4.90 Å². The van der Waals surface area contributed by atoms with E-state index in [9.17, 15) is 0 Å². The molecular weight excluding hydrogens is 274 g/mol. The maximum Gasteiger partial charge on any atom is 0.191 e. The van der Waals surface area contributed by atoms with Crippen LogP contribution in [0, 0.1) is 6.92 Å². The Kier molecular flexibility index (Phi) is 5.12. The topological polar surface area (TPSA) is 50.9 Å². The van der Waals surface area contributed by atoms with E-state index in [1.165, 1.54) is 12.8 Å². The molecular formula is C15H22ClN3O. The third kappa shape index (κ3) is 4.30. The van der Waals surface area contributed by atoms with Gasteiger partial charge in [0.2, 0.25) is 0 Å². The van der Waals surface area contributed by atoms with Crippen LogP contribution in [0.3, 0.4) is 0 Å². The summed E-state index contributed by atoms with van der Waals surface area (Å²) >= 11 is 5.90. The third-order valence-electron chi connectivity index (χ3n) is 3.43. The van der Waals surface area contributed by atoms with Gasteiger partial charge in [-0.3, -0.25) is 4.99 Å². The summed E-state index contributed by atoms with van der Waals surface area (Å²) in [6.45, 7) is 3.31. The van der Waals surface area contributed by atoms with E-state index in [0.717, 1.165) is 22.8 Å². The number of ether oxygens (including phenoxy) is 1. The summed E-state index contributed by atoms with van der Waals surface area (Å²) in [5.41, 5.74) is 6.96. The Bertz CT molecular complexity index is 486. The molecule has 1 aliphatic carbocycles. The van der Waals surface area contributed by atoms with Gasteiger partial charge in [-0.1, -0.05) is 11.6 Å². The van der Waals surface area contributed by atoms with Gasteiger partial charge in [0.05, 0.1) is 6.61 Å². The van der Waals surface area contributed by atoms with Gasteiger partial charge < -0.3 is 15.4 Å². The van der Waals surface area contributed by atoms with Crippen LogP contribution in [0.4, 0.5) is 0 Å². The molecule has 2 rings (SSSR count). The lowest BCUT2D eigenvalue weighted by atomic mass is 10.2. The van der Waals surface area contributed by atoms with Gasteiger partial charge in [0.25, 0.3) is 0 Å². The fourth-order valence-corrected chi connectivity index (χ4v) is 2.20. The molecule has 0 amide bonds. The predicted molar refractivity (Wildman–Crippen MR) is 83.6 cm³/mol. The Balaban J connectivity index is 1.69. The number of rotatable bonds is 6. The number of aryl methyl sites for hydroxylation is 1. The number of benzene rings is 1. The molecule has 2 N–H and O–H groups in total. The SMILES string of the molecule is Cc1cc(Cl)ccc1OCCCN=C(N)N(C)C1CC1. The summed E-state index contributed by atoms with van der Waals surface area (Å²) in [6.07, 6.45) is 3.30. The smallest absolute Gasteiger partial charge is 0.191 e. The van der Waals surface area contributed by atoms with Crippen molar-refractivity contribution in [3.63, 3.8) is 0 Å². The van der Waals surface area contributed by atoms with E-state index in [1.807, 2.05) is 32.2 Å². The van der Waals surface area contributed by atoms with Gasteiger partial charge in [-0.15, -0.1) is 0 Å². The van der Waals surface area contributed by atoms with Crippen LogP contribution in [-0.2, 0) is 0 Å². The van der Waals surface area contributed by atoms with Crippen molar-refractivity contribution >= 4 is 17.6 Å². The van der Waals surface area contributed by atoms with E-state index >= 15 is 0 Å². The van der Waals surface area contributed by atoms with Gasteiger partial charge >= 0.3 is 0 Å². The molecule has 1 aliphatic rings. The van der Waals surface area contributed by atoms with Crippen molar-refractivity contribution in [3.05, 3.63) is 28.8 Å². The molecule has 0 atom stereocenters. The zero-order chi connectivity index (χ0) is 14.5. The number of hydrogen-bond acceptors (Lipinski definition) is 2. The Hall–Kier alpha value is -1.42. The zero-order valence-electron chi connectivity index (χ0n) is 12.1. The maximum absolute atomic E-state index is 5.91. The number of hydrogen-bond donors (Lipinski definition) is 1. The highest BCUT2D eigenvalue weighted by molar-refractivity contribution is 6.30. The summed E-state index contributed by atoms with van der Waals surface area (Å²) in [7, 11) is 2.00. The molecule has 0 unspecified atom stereocenters. The Morgan fingerprint density at radius 1 is 1.50 bits per heavy atom. The number of nitrogens with two attached hydrogens (primary N) is 1. The van der Waals surface area contributed by atoms with Gasteiger partial charge in [-0.2, -0.15) is 0 Å². The van der Waals surface area contributed by atoms with Crippen molar-refractivity contribution in [2.75, 3.05) is 20.2 Å². The largest absolute Gasteiger partial charge is 0.493 e. The zero-order valence-corrected chi connectivity index (χ0v) is 12.9. The minimum Gasteiger partial charge on any atom is -0.493 e. The van der Waals surface area contributed by atoms with Crippen LogP contribution in [0.15, 0.2) is 23.2 Å². The molecule has 1 aromatic rings. The first kappa shape index (κ1) is 15.0. The Morgan fingerprint density at radius 3 is 2.90 bits per heavy atom.